The molecule has 0 aromatic heterocycles. The van der Waals surface area contributed by atoms with Gasteiger partial charge in [0.2, 0.25) is 0 Å². The topological polar surface area (TPSA) is 93.0 Å². The van der Waals surface area contributed by atoms with Gasteiger partial charge in [-0.3, -0.25) is 10.1 Å². The van der Waals surface area contributed by atoms with E-state index in [4.69, 9.17) is 11.0 Å². The van der Waals surface area contributed by atoms with Crippen LogP contribution in [0.5, 0.6) is 0 Å². The number of hydrogen-bond donors (Lipinski definition) is 1. The van der Waals surface area contributed by atoms with Gasteiger partial charge >= 0.3 is 0 Å². The molecule has 2 rings (SSSR count). The van der Waals surface area contributed by atoms with E-state index in [9.17, 15) is 10.1 Å². The third-order valence-electron chi connectivity index (χ3n) is 2.89. The zero-order valence-electron chi connectivity index (χ0n) is 9.48. The molecular weight excluding hydrogens is 230 g/mol. The van der Waals surface area contributed by atoms with Gasteiger partial charge in [0.05, 0.1) is 6.07 Å². The molecule has 0 spiro atoms. The van der Waals surface area contributed by atoms with Gasteiger partial charge in [-0.2, -0.15) is 5.26 Å². The summed E-state index contributed by atoms with van der Waals surface area (Å²) >= 11 is 0. The van der Waals surface area contributed by atoms with Crippen molar-refractivity contribution in [2.24, 2.45) is 5.73 Å². The molecule has 1 aliphatic rings. The van der Waals surface area contributed by atoms with Crippen LogP contribution in [0.4, 0.5) is 0 Å². The van der Waals surface area contributed by atoms with Gasteiger partial charge in [-0.15, -0.1) is 0 Å². The van der Waals surface area contributed by atoms with Crippen LogP contribution in [-0.2, 0) is 0 Å². The molecule has 2 N–H and O–H groups in total. The van der Waals surface area contributed by atoms with E-state index in [1.54, 1.807) is 12.1 Å². The van der Waals surface area contributed by atoms with Gasteiger partial charge < -0.3 is 5.73 Å². The molecular formula is C13H11N3O2. The van der Waals surface area contributed by atoms with E-state index in [0.29, 0.717) is 5.57 Å². The van der Waals surface area contributed by atoms with Gasteiger partial charge in [0.1, 0.15) is 0 Å². The Kier molecular flexibility index (Phi) is 2.96. The standard InChI is InChI=1S/C13H11N3O2/c14-9-13(15)7-6-11(8-12(13)16(17)18)10-4-2-1-3-5-10/h1-8,12H,15H2. The summed E-state index contributed by atoms with van der Waals surface area (Å²) in [6.45, 7) is 0. The highest BCUT2D eigenvalue weighted by Crippen LogP contribution is 2.26. The molecule has 2 atom stereocenters. The van der Waals surface area contributed by atoms with Crippen molar-refractivity contribution in [3.8, 4) is 6.07 Å². The average Bonchev–Trinajstić information content (AvgIpc) is 2.40. The van der Waals surface area contributed by atoms with Crippen molar-refractivity contribution in [3.05, 3.63) is 64.2 Å². The molecule has 0 aliphatic heterocycles. The van der Waals surface area contributed by atoms with Crippen molar-refractivity contribution in [1.29, 1.82) is 5.26 Å². The highest BCUT2D eigenvalue weighted by Gasteiger charge is 2.42. The number of nitriles is 1. The quantitative estimate of drug-likeness (QED) is 0.627. The molecule has 0 radical (unpaired) electrons. The van der Waals surface area contributed by atoms with Crippen LogP contribution in [0.2, 0.25) is 0 Å². The summed E-state index contributed by atoms with van der Waals surface area (Å²) < 4.78 is 0. The summed E-state index contributed by atoms with van der Waals surface area (Å²) in [5, 5.41) is 20.0. The van der Waals surface area contributed by atoms with E-state index in [1.165, 1.54) is 12.2 Å². The Bertz CT molecular complexity index is 572. The Morgan fingerprint density at radius 3 is 2.61 bits per heavy atom. The van der Waals surface area contributed by atoms with Gasteiger partial charge in [-0.05, 0) is 17.2 Å². The van der Waals surface area contributed by atoms with E-state index in [2.05, 4.69) is 0 Å². The maximum Gasteiger partial charge on any atom is 0.266 e. The maximum absolute atomic E-state index is 11.0. The molecule has 0 amide bonds. The van der Waals surface area contributed by atoms with Gasteiger partial charge in [-0.1, -0.05) is 36.4 Å². The van der Waals surface area contributed by atoms with E-state index < -0.39 is 16.5 Å². The highest BCUT2D eigenvalue weighted by molar-refractivity contribution is 5.76. The molecule has 0 saturated heterocycles. The molecule has 5 nitrogen and oxygen atoms in total. The Labute approximate surface area is 104 Å². The molecule has 90 valence electrons. The lowest BCUT2D eigenvalue weighted by atomic mass is 9.84. The monoisotopic (exact) mass is 241 g/mol. The van der Waals surface area contributed by atoms with Crippen molar-refractivity contribution < 1.29 is 4.92 Å². The second-order valence-corrected chi connectivity index (χ2v) is 4.10. The highest BCUT2D eigenvalue weighted by atomic mass is 16.6. The molecule has 1 aromatic rings. The first-order valence-electron chi connectivity index (χ1n) is 5.37. The summed E-state index contributed by atoms with van der Waals surface area (Å²) in [5.74, 6) is 0. The van der Waals surface area contributed by atoms with Crippen LogP contribution in [0.3, 0.4) is 0 Å². The third kappa shape index (κ3) is 2.01. The molecule has 0 bridgehead atoms. The number of rotatable bonds is 2. The van der Waals surface area contributed by atoms with Gasteiger partial charge in [0.25, 0.3) is 6.04 Å². The van der Waals surface area contributed by atoms with Crippen LogP contribution in [-0.4, -0.2) is 16.5 Å². The molecule has 0 fully saturated rings. The summed E-state index contributed by atoms with van der Waals surface area (Å²) in [5.41, 5.74) is 5.69. The number of nitrogens with two attached hydrogens (primary N) is 1. The third-order valence-corrected chi connectivity index (χ3v) is 2.89. The van der Waals surface area contributed by atoms with Crippen molar-refractivity contribution in [2.45, 2.75) is 11.6 Å². The molecule has 2 unspecified atom stereocenters. The van der Waals surface area contributed by atoms with E-state index in [1.807, 2.05) is 30.3 Å². The Balaban J connectivity index is 2.44. The maximum atomic E-state index is 11.0. The van der Waals surface area contributed by atoms with Crippen molar-refractivity contribution in [2.75, 3.05) is 0 Å². The number of allylic oxidation sites excluding steroid dienone is 2. The molecule has 5 heteroatoms. The smallest absolute Gasteiger partial charge is 0.266 e. The first-order chi connectivity index (χ1) is 8.57. The van der Waals surface area contributed by atoms with Gasteiger partial charge in [-0.25, -0.2) is 0 Å². The normalized spacial score (nSPS) is 26.2. The summed E-state index contributed by atoms with van der Waals surface area (Å²) in [6, 6.07) is 9.81. The summed E-state index contributed by atoms with van der Waals surface area (Å²) in [4.78, 5) is 10.5. The fraction of sp³-hybridized carbons (Fsp3) is 0.154. The van der Waals surface area contributed by atoms with Gasteiger partial charge in [0.15, 0.2) is 5.54 Å². The predicted molar refractivity (Wildman–Crippen MR) is 66.9 cm³/mol. The first kappa shape index (κ1) is 12.0. The number of nitrogens with zero attached hydrogens (tertiary/aromatic N) is 2. The largest absolute Gasteiger partial charge is 0.304 e. The number of nitro groups is 1. The number of benzene rings is 1. The van der Waals surface area contributed by atoms with Crippen LogP contribution >= 0.6 is 0 Å². The van der Waals surface area contributed by atoms with Crippen molar-refractivity contribution in [1.82, 2.24) is 0 Å². The fourth-order valence-electron chi connectivity index (χ4n) is 1.85. The second kappa shape index (κ2) is 4.43. The van der Waals surface area contributed by atoms with E-state index >= 15 is 0 Å². The first-order valence-corrected chi connectivity index (χ1v) is 5.37. The average molecular weight is 241 g/mol. The fourth-order valence-corrected chi connectivity index (χ4v) is 1.85. The SMILES string of the molecule is N#CC1(N)C=CC(c2ccccc2)=CC1[N+](=O)[O-]. The zero-order valence-corrected chi connectivity index (χ0v) is 9.48. The minimum atomic E-state index is -1.58. The van der Waals surface area contributed by atoms with Crippen LogP contribution in [0.1, 0.15) is 5.56 Å². The van der Waals surface area contributed by atoms with Crippen molar-refractivity contribution >= 4 is 5.57 Å². The van der Waals surface area contributed by atoms with E-state index in [-0.39, 0.29) is 0 Å². The lowest BCUT2D eigenvalue weighted by Crippen LogP contribution is -2.52. The van der Waals surface area contributed by atoms with E-state index in [0.717, 1.165) is 5.56 Å². The Morgan fingerprint density at radius 1 is 1.39 bits per heavy atom. The summed E-state index contributed by atoms with van der Waals surface area (Å²) in [6.07, 6.45) is 4.47. The lowest BCUT2D eigenvalue weighted by molar-refractivity contribution is -0.514. The molecule has 1 aromatic carbocycles. The molecule has 1 aliphatic carbocycles. The predicted octanol–water partition coefficient (Wildman–Crippen LogP) is 1.51. The van der Waals surface area contributed by atoms with Gasteiger partial charge in [0, 0.05) is 11.0 Å². The minimum absolute atomic E-state index is 0.532. The molecule has 0 heterocycles. The molecule has 18 heavy (non-hydrogen) atoms. The van der Waals surface area contributed by atoms with Crippen molar-refractivity contribution in [3.63, 3.8) is 0 Å². The van der Waals surface area contributed by atoms with Crippen LogP contribution in [0, 0.1) is 21.4 Å². The van der Waals surface area contributed by atoms with Crippen LogP contribution in [0.25, 0.3) is 5.57 Å². The number of hydrogen-bond acceptors (Lipinski definition) is 4. The Morgan fingerprint density at radius 2 is 2.06 bits per heavy atom. The summed E-state index contributed by atoms with van der Waals surface area (Å²) in [7, 11) is 0. The second-order valence-electron chi connectivity index (χ2n) is 4.10. The van der Waals surface area contributed by atoms with Crippen LogP contribution < -0.4 is 5.73 Å². The Hall–Kier alpha value is -2.45. The molecule has 0 saturated carbocycles. The zero-order chi connectivity index (χ0) is 13.2. The van der Waals surface area contributed by atoms with Crippen LogP contribution in [0.15, 0.2) is 48.6 Å². The minimum Gasteiger partial charge on any atom is -0.304 e. The lowest BCUT2D eigenvalue weighted by Gasteiger charge is -2.23.